The highest BCUT2D eigenvalue weighted by Gasteiger charge is 2.38. The van der Waals surface area contributed by atoms with Gasteiger partial charge in [0.15, 0.2) is 0 Å². The van der Waals surface area contributed by atoms with E-state index in [2.05, 4.69) is 4.98 Å². The van der Waals surface area contributed by atoms with Crippen molar-refractivity contribution in [2.24, 2.45) is 5.92 Å². The summed E-state index contributed by atoms with van der Waals surface area (Å²) in [5, 5.41) is 0.524. The number of methoxy groups -OCH3 is 1. The largest absolute Gasteiger partial charge is 0.497 e. The van der Waals surface area contributed by atoms with E-state index in [9.17, 15) is 14.0 Å². The van der Waals surface area contributed by atoms with Gasteiger partial charge in [-0.1, -0.05) is 17.4 Å². The molecule has 33 heavy (non-hydrogen) atoms. The number of hydrogen-bond donors (Lipinski definition) is 0. The van der Waals surface area contributed by atoms with Gasteiger partial charge in [-0.05, 0) is 30.3 Å². The van der Waals surface area contributed by atoms with Crippen LogP contribution < -0.4 is 14.4 Å². The molecule has 0 aliphatic carbocycles. The van der Waals surface area contributed by atoms with Crippen molar-refractivity contribution in [3.63, 3.8) is 0 Å². The number of nitrogens with zero attached hydrogens (tertiary/aromatic N) is 3. The number of carbonyl (C=O) groups is 2. The zero-order valence-corrected chi connectivity index (χ0v) is 19.0. The Bertz CT molecular complexity index is 1190. The van der Waals surface area contributed by atoms with E-state index in [-0.39, 0.29) is 36.1 Å². The molecule has 7 nitrogen and oxygen atoms in total. The number of hydrogen-bond acceptors (Lipinski definition) is 6. The van der Waals surface area contributed by atoms with Crippen LogP contribution in [0.25, 0.3) is 10.2 Å². The van der Waals surface area contributed by atoms with E-state index in [1.165, 1.54) is 23.5 Å². The molecule has 2 fully saturated rings. The Labute approximate surface area is 194 Å². The molecule has 2 aliphatic rings. The van der Waals surface area contributed by atoms with Crippen LogP contribution in [0.4, 0.5) is 10.1 Å². The maximum absolute atomic E-state index is 13.4. The summed E-state index contributed by atoms with van der Waals surface area (Å²) in [5.74, 6) is 0.00498. The molecule has 0 radical (unpaired) electrons. The molecule has 2 amide bonds. The summed E-state index contributed by atoms with van der Waals surface area (Å²) < 4.78 is 25.4. The quantitative estimate of drug-likeness (QED) is 0.567. The molecule has 1 aromatic heterocycles. The van der Waals surface area contributed by atoms with Gasteiger partial charge in [-0.25, -0.2) is 9.37 Å². The molecule has 0 spiro atoms. The second-order valence-corrected chi connectivity index (χ2v) is 9.33. The van der Waals surface area contributed by atoms with Crippen LogP contribution in [0, 0.1) is 11.7 Å². The first-order chi connectivity index (χ1) is 16.0. The number of likely N-dealkylation sites (tertiary alicyclic amines) is 1. The minimum atomic E-state index is -0.347. The number of ether oxygens (including phenoxy) is 2. The number of amides is 2. The topological polar surface area (TPSA) is 72.0 Å². The molecular formula is C24H24FN3O4S. The number of halogens is 1. The minimum Gasteiger partial charge on any atom is -0.497 e. The van der Waals surface area contributed by atoms with Crippen molar-refractivity contribution in [3.8, 4) is 10.9 Å². The van der Waals surface area contributed by atoms with Crippen molar-refractivity contribution in [1.82, 2.24) is 9.88 Å². The second kappa shape index (κ2) is 8.97. The fourth-order valence-electron chi connectivity index (χ4n) is 4.42. The molecule has 172 valence electrons. The van der Waals surface area contributed by atoms with Crippen molar-refractivity contribution < 1.29 is 23.5 Å². The second-order valence-electron chi connectivity index (χ2n) is 8.34. The average Bonchev–Trinajstić information content (AvgIpc) is 3.41. The summed E-state index contributed by atoms with van der Waals surface area (Å²) in [6.45, 7) is 1.53. The average molecular weight is 470 g/mol. The van der Waals surface area contributed by atoms with Crippen LogP contribution >= 0.6 is 11.3 Å². The molecule has 5 rings (SSSR count). The van der Waals surface area contributed by atoms with E-state index in [0.29, 0.717) is 43.4 Å². The number of piperidine rings is 1. The Morgan fingerprint density at radius 2 is 2.00 bits per heavy atom. The molecule has 3 aromatic rings. The van der Waals surface area contributed by atoms with Crippen LogP contribution in [0.15, 0.2) is 42.5 Å². The van der Waals surface area contributed by atoms with Gasteiger partial charge >= 0.3 is 0 Å². The Balaban J connectivity index is 1.17. The summed E-state index contributed by atoms with van der Waals surface area (Å²) in [5.41, 5.74) is 1.47. The number of thiazole rings is 1. The predicted octanol–water partition coefficient (Wildman–Crippen LogP) is 3.87. The van der Waals surface area contributed by atoms with Crippen LogP contribution in [0.2, 0.25) is 0 Å². The zero-order chi connectivity index (χ0) is 22.9. The van der Waals surface area contributed by atoms with Gasteiger partial charge in [-0.15, -0.1) is 0 Å². The minimum absolute atomic E-state index is 0.0164. The van der Waals surface area contributed by atoms with E-state index in [0.717, 1.165) is 15.9 Å². The van der Waals surface area contributed by atoms with Crippen molar-refractivity contribution >= 4 is 39.1 Å². The molecule has 1 unspecified atom stereocenters. The number of aromatic nitrogens is 1. The van der Waals surface area contributed by atoms with Gasteiger partial charge in [0.2, 0.25) is 11.8 Å². The fraction of sp³-hybridized carbons (Fsp3) is 0.375. The first kappa shape index (κ1) is 21.6. The smallest absolute Gasteiger partial charge is 0.274 e. The highest BCUT2D eigenvalue weighted by molar-refractivity contribution is 7.20. The van der Waals surface area contributed by atoms with Gasteiger partial charge in [0, 0.05) is 50.7 Å². The summed E-state index contributed by atoms with van der Waals surface area (Å²) in [6.07, 6.45) is 1.55. The zero-order valence-electron chi connectivity index (χ0n) is 18.2. The van der Waals surface area contributed by atoms with Gasteiger partial charge in [0.05, 0.1) is 23.2 Å². The molecule has 3 heterocycles. The van der Waals surface area contributed by atoms with E-state index in [1.807, 2.05) is 29.2 Å². The maximum atomic E-state index is 13.4. The van der Waals surface area contributed by atoms with Crippen LogP contribution in [-0.4, -0.2) is 54.5 Å². The Morgan fingerprint density at radius 3 is 2.79 bits per heavy atom. The summed E-state index contributed by atoms with van der Waals surface area (Å²) in [7, 11) is 1.58. The van der Waals surface area contributed by atoms with Crippen LogP contribution in [-0.2, 0) is 9.59 Å². The summed E-state index contributed by atoms with van der Waals surface area (Å²) in [4.78, 5) is 33.6. The number of rotatable bonds is 5. The number of anilines is 1. The molecule has 1 atom stereocenters. The van der Waals surface area contributed by atoms with E-state index >= 15 is 0 Å². The molecule has 0 bridgehead atoms. The van der Waals surface area contributed by atoms with Crippen LogP contribution in [0.5, 0.6) is 10.9 Å². The van der Waals surface area contributed by atoms with Crippen molar-refractivity contribution in [2.45, 2.75) is 25.4 Å². The van der Waals surface area contributed by atoms with E-state index in [1.54, 1.807) is 18.1 Å². The highest BCUT2D eigenvalue weighted by Crippen LogP contribution is 2.32. The van der Waals surface area contributed by atoms with Crippen LogP contribution in [0.3, 0.4) is 0 Å². The predicted molar refractivity (Wildman–Crippen MR) is 123 cm³/mol. The van der Waals surface area contributed by atoms with Crippen LogP contribution in [0.1, 0.15) is 19.3 Å². The Morgan fingerprint density at radius 1 is 1.18 bits per heavy atom. The summed E-state index contributed by atoms with van der Waals surface area (Å²) in [6, 6.07) is 11.8. The molecule has 2 aromatic carbocycles. The SMILES string of the molecule is COc1cccc(N2CC(C(=O)N3CCC(Oc4nc5ccc(F)cc5s4)CC3)CC2=O)c1. The first-order valence-electron chi connectivity index (χ1n) is 11.0. The lowest BCUT2D eigenvalue weighted by atomic mass is 10.0. The monoisotopic (exact) mass is 469 g/mol. The first-order valence-corrected chi connectivity index (χ1v) is 11.8. The third-order valence-electron chi connectivity index (χ3n) is 6.19. The lowest BCUT2D eigenvalue weighted by Crippen LogP contribution is -2.44. The highest BCUT2D eigenvalue weighted by atomic mass is 32.1. The van der Waals surface area contributed by atoms with Crippen molar-refractivity contribution in [1.29, 1.82) is 0 Å². The molecule has 2 saturated heterocycles. The third-order valence-corrected chi connectivity index (χ3v) is 7.10. The van der Waals surface area contributed by atoms with Gasteiger partial charge in [-0.2, -0.15) is 0 Å². The Kier molecular flexibility index (Phi) is 5.88. The fourth-order valence-corrected chi connectivity index (χ4v) is 5.33. The maximum Gasteiger partial charge on any atom is 0.274 e. The van der Waals surface area contributed by atoms with Gasteiger partial charge in [0.1, 0.15) is 17.7 Å². The lowest BCUT2D eigenvalue weighted by molar-refractivity contribution is -0.137. The molecule has 9 heteroatoms. The lowest BCUT2D eigenvalue weighted by Gasteiger charge is -2.33. The molecule has 0 N–H and O–H groups in total. The number of carbonyl (C=O) groups excluding carboxylic acids is 2. The number of benzene rings is 2. The van der Waals surface area contributed by atoms with Crippen molar-refractivity contribution in [3.05, 3.63) is 48.3 Å². The number of fused-ring (bicyclic) bond motifs is 1. The van der Waals surface area contributed by atoms with Gasteiger partial charge < -0.3 is 19.3 Å². The van der Waals surface area contributed by atoms with E-state index in [4.69, 9.17) is 9.47 Å². The normalized spacial score (nSPS) is 19.3. The molecule has 0 saturated carbocycles. The van der Waals surface area contributed by atoms with Gasteiger partial charge in [-0.3, -0.25) is 9.59 Å². The molecule has 2 aliphatic heterocycles. The van der Waals surface area contributed by atoms with Crippen molar-refractivity contribution in [2.75, 3.05) is 31.6 Å². The molecular weight excluding hydrogens is 445 g/mol. The third kappa shape index (κ3) is 4.50. The standard InChI is InChI=1S/C24H24FN3O4S/c1-31-19-4-2-3-17(13-19)28-14-15(11-22(28)29)23(30)27-9-7-18(8-10-27)32-24-26-20-6-5-16(25)12-21(20)33-24/h2-6,12-13,15,18H,7-11,14H2,1H3. The Hall–Kier alpha value is -3.20. The van der Waals surface area contributed by atoms with Gasteiger partial charge in [0.25, 0.3) is 5.19 Å². The van der Waals surface area contributed by atoms with E-state index < -0.39 is 0 Å². The summed E-state index contributed by atoms with van der Waals surface area (Å²) >= 11 is 1.33.